The number of ether oxygens (including phenoxy) is 1. The molecule has 2 heterocycles. The molecule has 0 aliphatic carbocycles. The van der Waals surface area contributed by atoms with Crippen molar-refractivity contribution in [1.29, 1.82) is 5.26 Å². The van der Waals surface area contributed by atoms with Crippen LogP contribution in [0.1, 0.15) is 44.2 Å². The summed E-state index contributed by atoms with van der Waals surface area (Å²) in [6.07, 6.45) is 7.84. The van der Waals surface area contributed by atoms with Crippen molar-refractivity contribution in [2.45, 2.75) is 40.0 Å². The lowest BCUT2D eigenvalue weighted by Gasteiger charge is -2.27. The van der Waals surface area contributed by atoms with Crippen LogP contribution < -0.4 is 4.74 Å². The number of rotatable bonds is 10. The topological polar surface area (TPSA) is 88.2 Å². The lowest BCUT2D eigenvalue weighted by atomic mass is 9.92. The molecule has 2 aromatic carbocycles. The lowest BCUT2D eigenvalue weighted by molar-refractivity contribution is -0.140. The SMILES string of the molecule is C=CCOc1ccc(-c2nn(-c3ccccc3)cc2/C=C2/C(=O)N(CCCCC)C(=O)C(C#N)=C2C)c(C)c1. The molecule has 1 aliphatic heterocycles. The van der Waals surface area contributed by atoms with Crippen LogP contribution in [0, 0.1) is 18.3 Å². The van der Waals surface area contributed by atoms with Gasteiger partial charge in [0.15, 0.2) is 0 Å². The molecule has 2 amide bonds. The zero-order valence-electron chi connectivity index (χ0n) is 22.6. The Morgan fingerprint density at radius 1 is 1.08 bits per heavy atom. The highest BCUT2D eigenvalue weighted by molar-refractivity contribution is 6.19. The molecule has 3 aromatic rings. The normalized spacial score (nSPS) is 14.6. The van der Waals surface area contributed by atoms with E-state index in [-0.39, 0.29) is 12.1 Å². The Balaban J connectivity index is 1.86. The molecule has 1 aromatic heterocycles. The highest BCUT2D eigenvalue weighted by Gasteiger charge is 2.35. The van der Waals surface area contributed by atoms with Gasteiger partial charge in [-0.1, -0.05) is 50.6 Å². The summed E-state index contributed by atoms with van der Waals surface area (Å²) in [4.78, 5) is 27.7. The van der Waals surface area contributed by atoms with Crippen LogP contribution in [0.2, 0.25) is 0 Å². The molecule has 0 fully saturated rings. The third-order valence-corrected chi connectivity index (χ3v) is 6.69. The van der Waals surface area contributed by atoms with Gasteiger partial charge in [-0.25, -0.2) is 4.68 Å². The smallest absolute Gasteiger partial charge is 0.271 e. The second-order valence-electron chi connectivity index (χ2n) is 9.43. The van der Waals surface area contributed by atoms with Crippen LogP contribution in [-0.2, 0) is 9.59 Å². The quantitative estimate of drug-likeness (QED) is 0.138. The minimum absolute atomic E-state index is 0.00532. The van der Waals surface area contributed by atoms with Crippen molar-refractivity contribution in [3.63, 3.8) is 0 Å². The fraction of sp³-hybridized carbons (Fsp3) is 0.250. The first-order valence-corrected chi connectivity index (χ1v) is 13.1. The molecule has 39 heavy (non-hydrogen) atoms. The summed E-state index contributed by atoms with van der Waals surface area (Å²) in [5.41, 5.74) is 4.76. The third-order valence-electron chi connectivity index (χ3n) is 6.69. The maximum atomic E-state index is 13.6. The molecular formula is C32H32N4O3. The summed E-state index contributed by atoms with van der Waals surface area (Å²) >= 11 is 0. The van der Waals surface area contributed by atoms with Crippen molar-refractivity contribution >= 4 is 17.9 Å². The molecule has 0 bridgehead atoms. The molecule has 1 aliphatic rings. The van der Waals surface area contributed by atoms with Gasteiger partial charge in [-0.3, -0.25) is 14.5 Å². The Bertz CT molecular complexity index is 1510. The fourth-order valence-corrected chi connectivity index (χ4v) is 4.57. The monoisotopic (exact) mass is 520 g/mol. The van der Waals surface area contributed by atoms with Crippen molar-refractivity contribution in [3.05, 3.63) is 95.2 Å². The summed E-state index contributed by atoms with van der Waals surface area (Å²) < 4.78 is 7.46. The maximum Gasteiger partial charge on any atom is 0.271 e. The van der Waals surface area contributed by atoms with Gasteiger partial charge in [0.25, 0.3) is 11.8 Å². The fourth-order valence-electron chi connectivity index (χ4n) is 4.57. The number of aromatic nitrogens is 2. The van der Waals surface area contributed by atoms with Crippen LogP contribution in [-0.4, -0.2) is 39.6 Å². The highest BCUT2D eigenvalue weighted by Crippen LogP contribution is 2.33. The molecule has 7 heteroatoms. The predicted molar refractivity (Wildman–Crippen MR) is 152 cm³/mol. The second-order valence-corrected chi connectivity index (χ2v) is 9.43. The Morgan fingerprint density at radius 3 is 2.51 bits per heavy atom. The van der Waals surface area contributed by atoms with Crippen molar-refractivity contribution in [3.8, 4) is 28.8 Å². The van der Waals surface area contributed by atoms with Crippen molar-refractivity contribution < 1.29 is 14.3 Å². The van der Waals surface area contributed by atoms with E-state index in [4.69, 9.17) is 9.84 Å². The highest BCUT2D eigenvalue weighted by atomic mass is 16.5. The van der Waals surface area contributed by atoms with Gasteiger partial charge in [-0.05, 0) is 67.8 Å². The number of benzene rings is 2. The second kappa shape index (κ2) is 12.2. The van der Waals surface area contributed by atoms with Crippen LogP contribution in [0.3, 0.4) is 0 Å². The van der Waals surface area contributed by atoms with Crippen LogP contribution in [0.4, 0.5) is 0 Å². The molecule has 0 saturated carbocycles. The van der Waals surface area contributed by atoms with Crippen LogP contribution in [0.25, 0.3) is 23.0 Å². The molecule has 0 saturated heterocycles. The van der Waals surface area contributed by atoms with E-state index in [1.807, 2.05) is 67.7 Å². The van der Waals surface area contributed by atoms with Crippen molar-refractivity contribution in [1.82, 2.24) is 14.7 Å². The number of imide groups is 1. The average Bonchev–Trinajstić information content (AvgIpc) is 3.36. The van der Waals surface area contributed by atoms with E-state index in [0.29, 0.717) is 35.4 Å². The molecule has 0 spiro atoms. The van der Waals surface area contributed by atoms with Gasteiger partial charge in [0, 0.05) is 29.4 Å². The summed E-state index contributed by atoms with van der Waals surface area (Å²) in [5, 5.41) is 14.7. The Hall–Kier alpha value is -4.70. The maximum absolute atomic E-state index is 13.6. The number of nitrogens with zero attached hydrogens (tertiary/aromatic N) is 4. The number of hydrogen-bond acceptors (Lipinski definition) is 5. The molecule has 0 atom stereocenters. The number of nitriles is 1. The minimum atomic E-state index is -0.528. The Kier molecular flexibility index (Phi) is 8.57. The lowest BCUT2D eigenvalue weighted by Crippen LogP contribution is -2.43. The van der Waals surface area contributed by atoms with E-state index >= 15 is 0 Å². The number of amides is 2. The number of unbranched alkanes of at least 4 members (excludes halogenated alkanes) is 2. The summed E-state index contributed by atoms with van der Waals surface area (Å²) in [7, 11) is 0. The average molecular weight is 521 g/mol. The van der Waals surface area contributed by atoms with E-state index in [0.717, 1.165) is 35.4 Å². The third kappa shape index (κ3) is 5.75. The van der Waals surface area contributed by atoms with Crippen LogP contribution in [0.15, 0.2) is 84.1 Å². The zero-order valence-corrected chi connectivity index (χ0v) is 22.6. The van der Waals surface area contributed by atoms with Gasteiger partial charge in [0.05, 0.1) is 5.69 Å². The van der Waals surface area contributed by atoms with Gasteiger partial charge in [-0.15, -0.1) is 0 Å². The summed E-state index contributed by atoms with van der Waals surface area (Å²) in [6.45, 7) is 10.1. The van der Waals surface area contributed by atoms with Crippen LogP contribution >= 0.6 is 0 Å². The van der Waals surface area contributed by atoms with Crippen molar-refractivity contribution in [2.75, 3.05) is 13.2 Å². The van der Waals surface area contributed by atoms with Gasteiger partial charge < -0.3 is 4.74 Å². The first-order valence-electron chi connectivity index (χ1n) is 13.1. The molecule has 0 radical (unpaired) electrons. The zero-order chi connectivity index (χ0) is 27.9. The number of hydrogen-bond donors (Lipinski definition) is 0. The van der Waals surface area contributed by atoms with Gasteiger partial charge >= 0.3 is 0 Å². The summed E-state index contributed by atoms with van der Waals surface area (Å²) in [6, 6.07) is 17.5. The van der Waals surface area contributed by atoms with E-state index in [2.05, 4.69) is 13.5 Å². The molecule has 0 N–H and O–H groups in total. The number of aryl methyl sites for hydroxylation is 1. The molecule has 198 valence electrons. The molecular weight excluding hydrogens is 488 g/mol. The largest absolute Gasteiger partial charge is 0.490 e. The Morgan fingerprint density at radius 2 is 1.85 bits per heavy atom. The van der Waals surface area contributed by atoms with E-state index in [1.165, 1.54) is 4.90 Å². The number of carbonyl (C=O) groups excluding carboxylic acids is 2. The van der Waals surface area contributed by atoms with Gasteiger partial charge in [0.2, 0.25) is 0 Å². The number of para-hydroxylation sites is 1. The standard InChI is InChI=1S/C32H32N4O3/c1-5-7-11-16-35-31(37)28(23(4)29(20-33)32(35)38)19-24-21-36(25-12-9-8-10-13-25)34-30(24)27-15-14-26(18-22(27)3)39-17-6-2/h6,8-10,12-15,18-19,21H,2,5,7,11,16-17H2,1,3-4H3/b28-19+. The molecule has 7 nitrogen and oxygen atoms in total. The molecule has 4 rings (SSSR count). The first kappa shape index (κ1) is 27.3. The number of carbonyl (C=O) groups is 2. The predicted octanol–water partition coefficient (Wildman–Crippen LogP) is 6.20. The van der Waals surface area contributed by atoms with E-state index in [1.54, 1.807) is 23.8 Å². The van der Waals surface area contributed by atoms with Gasteiger partial charge in [-0.2, -0.15) is 10.4 Å². The molecule has 0 unspecified atom stereocenters. The van der Waals surface area contributed by atoms with E-state index < -0.39 is 11.8 Å². The van der Waals surface area contributed by atoms with Crippen LogP contribution in [0.5, 0.6) is 5.75 Å². The van der Waals surface area contributed by atoms with Gasteiger partial charge in [0.1, 0.15) is 29.7 Å². The summed E-state index contributed by atoms with van der Waals surface area (Å²) in [5.74, 6) is -0.199. The first-order chi connectivity index (χ1) is 18.9. The Labute approximate surface area is 229 Å². The minimum Gasteiger partial charge on any atom is -0.490 e. The van der Waals surface area contributed by atoms with Crippen molar-refractivity contribution in [2.24, 2.45) is 0 Å². The van der Waals surface area contributed by atoms with E-state index in [9.17, 15) is 14.9 Å².